The second-order valence-corrected chi connectivity index (χ2v) is 4.67. The smallest absolute Gasteiger partial charge is 0.358 e. The Morgan fingerprint density at radius 3 is 2.90 bits per heavy atom. The Morgan fingerprint density at radius 2 is 2.30 bits per heavy atom. The van der Waals surface area contributed by atoms with Gasteiger partial charge in [-0.25, -0.2) is 9.48 Å². The summed E-state index contributed by atoms with van der Waals surface area (Å²) in [5, 5.41) is 15.9. The van der Waals surface area contributed by atoms with E-state index in [1.807, 2.05) is 0 Å². The third-order valence-electron chi connectivity index (χ3n) is 2.47. The maximum atomic E-state index is 10.6. The lowest BCUT2D eigenvalue weighted by atomic mass is 10.3. The summed E-state index contributed by atoms with van der Waals surface area (Å²) in [6, 6.07) is 5.37. The van der Waals surface area contributed by atoms with Crippen LogP contribution in [0.25, 0.3) is 0 Å². The number of carboxylic acid groups (broad SMARTS) is 1. The number of carboxylic acids is 1. The Kier molecular flexibility index (Phi) is 4.57. The first-order valence-corrected chi connectivity index (χ1v) is 6.49. The van der Waals surface area contributed by atoms with Gasteiger partial charge in [-0.2, -0.15) is 0 Å². The number of aromatic carboxylic acids is 1. The molecule has 0 saturated heterocycles. The zero-order valence-electron chi connectivity index (χ0n) is 10.6. The van der Waals surface area contributed by atoms with Crippen LogP contribution in [0.5, 0.6) is 11.5 Å². The molecule has 0 bridgehead atoms. The fraction of sp³-hybridized carbons (Fsp3) is 0.250. The normalized spacial score (nSPS) is 10.3. The number of ether oxygens (including phenoxy) is 2. The van der Waals surface area contributed by atoms with E-state index in [4.69, 9.17) is 14.6 Å². The van der Waals surface area contributed by atoms with Crippen LogP contribution in [0.15, 0.2) is 28.9 Å². The van der Waals surface area contributed by atoms with E-state index in [-0.39, 0.29) is 5.69 Å². The Labute approximate surface area is 123 Å². The van der Waals surface area contributed by atoms with Gasteiger partial charge in [-0.3, -0.25) is 0 Å². The van der Waals surface area contributed by atoms with Crippen LogP contribution in [0, 0.1) is 0 Å². The van der Waals surface area contributed by atoms with Crippen LogP contribution in [0.2, 0.25) is 0 Å². The number of rotatable bonds is 6. The Bertz CT molecular complexity index is 614. The van der Waals surface area contributed by atoms with Crippen molar-refractivity contribution in [3.8, 4) is 11.5 Å². The van der Waals surface area contributed by atoms with Crippen molar-refractivity contribution < 1.29 is 19.4 Å². The fourth-order valence-electron chi connectivity index (χ4n) is 1.48. The Hall–Kier alpha value is -2.09. The van der Waals surface area contributed by atoms with Crippen LogP contribution < -0.4 is 9.47 Å². The fourth-order valence-corrected chi connectivity index (χ4v) is 1.95. The van der Waals surface area contributed by atoms with Crippen molar-refractivity contribution in [2.24, 2.45) is 0 Å². The van der Waals surface area contributed by atoms with Gasteiger partial charge < -0.3 is 14.6 Å². The van der Waals surface area contributed by atoms with E-state index in [9.17, 15) is 4.79 Å². The highest BCUT2D eigenvalue weighted by atomic mass is 79.9. The average Bonchev–Trinajstić information content (AvgIpc) is 2.89. The monoisotopic (exact) mass is 341 g/mol. The highest BCUT2D eigenvalue weighted by molar-refractivity contribution is 9.10. The van der Waals surface area contributed by atoms with Crippen molar-refractivity contribution in [1.29, 1.82) is 0 Å². The predicted molar refractivity (Wildman–Crippen MR) is 73.2 cm³/mol. The van der Waals surface area contributed by atoms with Crippen LogP contribution in [0.4, 0.5) is 0 Å². The molecule has 0 amide bonds. The molecule has 20 heavy (non-hydrogen) atoms. The number of hydrogen-bond donors (Lipinski definition) is 1. The lowest BCUT2D eigenvalue weighted by Crippen LogP contribution is -2.09. The quantitative estimate of drug-likeness (QED) is 0.862. The summed E-state index contributed by atoms with van der Waals surface area (Å²) < 4.78 is 12.9. The molecular weight excluding hydrogens is 330 g/mol. The molecule has 1 aromatic heterocycles. The number of halogens is 1. The topological polar surface area (TPSA) is 86.5 Å². The van der Waals surface area contributed by atoms with Gasteiger partial charge in [-0.1, -0.05) is 5.21 Å². The van der Waals surface area contributed by atoms with Crippen LogP contribution in [0.3, 0.4) is 0 Å². The summed E-state index contributed by atoms with van der Waals surface area (Å²) in [6.07, 6.45) is 1.36. The molecule has 2 aromatic rings. The molecule has 0 aliphatic heterocycles. The van der Waals surface area contributed by atoms with Crippen molar-refractivity contribution in [2.45, 2.75) is 6.54 Å². The molecule has 0 aliphatic rings. The number of hydrogen-bond acceptors (Lipinski definition) is 5. The van der Waals surface area contributed by atoms with Gasteiger partial charge in [0.05, 0.1) is 24.3 Å². The van der Waals surface area contributed by atoms with E-state index >= 15 is 0 Å². The lowest BCUT2D eigenvalue weighted by Gasteiger charge is -2.09. The summed E-state index contributed by atoms with van der Waals surface area (Å²) in [5.74, 6) is 0.297. The van der Waals surface area contributed by atoms with Crippen LogP contribution in [0.1, 0.15) is 10.5 Å². The molecule has 8 heteroatoms. The highest BCUT2D eigenvalue weighted by Gasteiger charge is 2.08. The number of methoxy groups -OCH3 is 1. The largest absolute Gasteiger partial charge is 0.497 e. The van der Waals surface area contributed by atoms with Crippen molar-refractivity contribution in [3.63, 3.8) is 0 Å². The van der Waals surface area contributed by atoms with Crippen LogP contribution in [-0.2, 0) is 6.54 Å². The third-order valence-corrected chi connectivity index (χ3v) is 3.09. The molecule has 0 fully saturated rings. The molecule has 0 spiro atoms. The molecular formula is C12H12BrN3O4. The number of nitrogens with zero attached hydrogens (tertiary/aromatic N) is 3. The lowest BCUT2D eigenvalue weighted by molar-refractivity contribution is 0.0690. The molecule has 7 nitrogen and oxygen atoms in total. The zero-order chi connectivity index (χ0) is 14.5. The van der Waals surface area contributed by atoms with Crippen molar-refractivity contribution in [1.82, 2.24) is 15.0 Å². The zero-order valence-corrected chi connectivity index (χ0v) is 12.2. The van der Waals surface area contributed by atoms with Crippen molar-refractivity contribution in [3.05, 3.63) is 34.6 Å². The maximum absolute atomic E-state index is 10.6. The van der Waals surface area contributed by atoms with Gasteiger partial charge in [-0.05, 0) is 34.1 Å². The third kappa shape index (κ3) is 3.47. The van der Waals surface area contributed by atoms with Crippen molar-refractivity contribution >= 4 is 21.9 Å². The molecule has 2 rings (SSSR count). The Morgan fingerprint density at radius 1 is 1.50 bits per heavy atom. The van der Waals surface area contributed by atoms with Crippen LogP contribution >= 0.6 is 15.9 Å². The summed E-state index contributed by atoms with van der Waals surface area (Å²) in [7, 11) is 1.59. The minimum Gasteiger partial charge on any atom is -0.497 e. The summed E-state index contributed by atoms with van der Waals surface area (Å²) in [5.41, 5.74) is -0.0874. The molecule has 1 N–H and O–H groups in total. The molecule has 1 heterocycles. The molecule has 106 valence electrons. The predicted octanol–water partition coefficient (Wildman–Crippen LogP) is 1.83. The average molecular weight is 342 g/mol. The van der Waals surface area contributed by atoms with Gasteiger partial charge >= 0.3 is 5.97 Å². The maximum Gasteiger partial charge on any atom is 0.358 e. The molecule has 0 unspecified atom stereocenters. The second-order valence-electron chi connectivity index (χ2n) is 3.82. The summed E-state index contributed by atoms with van der Waals surface area (Å²) >= 11 is 3.38. The van der Waals surface area contributed by atoms with E-state index in [0.29, 0.717) is 18.9 Å². The van der Waals surface area contributed by atoms with Gasteiger partial charge in [0, 0.05) is 0 Å². The molecule has 0 aliphatic carbocycles. The minimum atomic E-state index is -1.10. The number of carbonyl (C=O) groups is 1. The first kappa shape index (κ1) is 14.3. The molecule has 0 atom stereocenters. The van der Waals surface area contributed by atoms with E-state index < -0.39 is 5.97 Å². The first-order chi connectivity index (χ1) is 9.60. The minimum absolute atomic E-state index is 0.0874. The van der Waals surface area contributed by atoms with Gasteiger partial charge in [0.2, 0.25) is 0 Å². The van der Waals surface area contributed by atoms with E-state index in [1.54, 1.807) is 25.3 Å². The SMILES string of the molecule is COc1ccc(OCCn2cc(C(=O)O)nn2)c(Br)c1. The van der Waals surface area contributed by atoms with Gasteiger partial charge in [0.25, 0.3) is 0 Å². The van der Waals surface area contributed by atoms with E-state index in [0.717, 1.165) is 10.2 Å². The molecule has 0 saturated carbocycles. The summed E-state index contributed by atoms with van der Waals surface area (Å²) in [6.45, 7) is 0.742. The Balaban J connectivity index is 1.90. The number of benzene rings is 1. The van der Waals surface area contributed by atoms with Gasteiger partial charge in [0.15, 0.2) is 5.69 Å². The highest BCUT2D eigenvalue weighted by Crippen LogP contribution is 2.28. The second kappa shape index (κ2) is 6.38. The van der Waals surface area contributed by atoms with Crippen molar-refractivity contribution in [2.75, 3.05) is 13.7 Å². The van der Waals surface area contributed by atoms with E-state index in [1.165, 1.54) is 10.9 Å². The number of aromatic nitrogens is 3. The summed E-state index contributed by atoms with van der Waals surface area (Å²) in [4.78, 5) is 10.6. The van der Waals surface area contributed by atoms with Gasteiger partial charge in [-0.15, -0.1) is 5.10 Å². The van der Waals surface area contributed by atoms with E-state index in [2.05, 4.69) is 26.2 Å². The van der Waals surface area contributed by atoms with Gasteiger partial charge in [0.1, 0.15) is 18.1 Å². The molecule has 0 radical (unpaired) electrons. The van der Waals surface area contributed by atoms with Crippen LogP contribution in [-0.4, -0.2) is 39.8 Å². The molecule has 1 aromatic carbocycles. The first-order valence-electron chi connectivity index (χ1n) is 5.70. The standard InChI is InChI=1S/C12H12BrN3O4/c1-19-8-2-3-11(9(13)6-8)20-5-4-16-7-10(12(17)18)14-15-16/h2-3,6-7H,4-5H2,1H3,(H,17,18).